The molecule has 0 unspecified atom stereocenters. The van der Waals surface area contributed by atoms with Crippen LogP contribution in [0.5, 0.6) is 11.8 Å². The van der Waals surface area contributed by atoms with Crippen LogP contribution in [0, 0.1) is 12.7 Å². The van der Waals surface area contributed by atoms with Gasteiger partial charge in [0, 0.05) is 12.8 Å². The minimum absolute atomic E-state index is 0.0810. The number of benzene rings is 1. The fourth-order valence-corrected chi connectivity index (χ4v) is 1.12. The van der Waals surface area contributed by atoms with Gasteiger partial charge in [0.25, 0.3) is 0 Å². The van der Waals surface area contributed by atoms with Crippen molar-refractivity contribution in [3.05, 3.63) is 35.9 Å². The second-order valence-electron chi connectivity index (χ2n) is 4.01. The number of ether oxygens (including phenoxy) is 1. The summed E-state index contributed by atoms with van der Waals surface area (Å²) in [6.45, 7) is 5.37. The molecule has 0 fully saturated rings. The van der Waals surface area contributed by atoms with Crippen molar-refractivity contribution in [2.24, 2.45) is 4.99 Å². The molecule has 1 aromatic carbocycles. The number of aromatic nitrogens is 3. The quantitative estimate of drug-likeness (QED) is 0.753. The fourth-order valence-electron chi connectivity index (χ4n) is 1.12. The molecule has 7 nitrogen and oxygen atoms in total. The predicted molar refractivity (Wildman–Crippen MR) is 81.6 cm³/mol. The number of nitrogens with zero attached hydrogens (tertiary/aromatic N) is 3. The smallest absolute Gasteiger partial charge is 0.341 e. The molecule has 2 aromatic rings. The summed E-state index contributed by atoms with van der Waals surface area (Å²) in [7, 11) is 1.00. The number of aromatic amines is 1. The molecule has 0 saturated carbocycles. The number of halogens is 1. The monoisotopic (exact) mass is 312 g/mol. The molecule has 0 saturated heterocycles. The molecule has 122 valence electrons. The Kier molecular flexibility index (Phi) is 10.2. The molecule has 0 atom stereocenters. The average Bonchev–Trinajstić information content (AvgIpc) is 2.89. The highest BCUT2D eigenvalue weighted by atomic mass is 19.1. The van der Waals surface area contributed by atoms with Crippen LogP contribution >= 0.6 is 0 Å². The first-order chi connectivity index (χ1) is 10.5. The van der Waals surface area contributed by atoms with Crippen LogP contribution in [-0.2, 0) is 0 Å². The van der Waals surface area contributed by atoms with E-state index in [1.165, 1.54) is 24.3 Å². The maximum Gasteiger partial charge on any atom is 0.341 e. The van der Waals surface area contributed by atoms with Crippen molar-refractivity contribution < 1.29 is 19.3 Å². The van der Waals surface area contributed by atoms with E-state index in [9.17, 15) is 4.39 Å². The van der Waals surface area contributed by atoms with E-state index in [-0.39, 0.29) is 18.6 Å². The number of aliphatic hydroxyl groups is 2. The van der Waals surface area contributed by atoms with Crippen LogP contribution in [0.25, 0.3) is 0 Å². The first-order valence-electron chi connectivity index (χ1n) is 6.37. The molecular formula is C14H21FN4O3. The van der Waals surface area contributed by atoms with Crippen molar-refractivity contribution in [2.75, 3.05) is 13.8 Å². The topological polar surface area (TPSA) is 104 Å². The van der Waals surface area contributed by atoms with E-state index in [1.807, 2.05) is 13.8 Å². The number of aliphatic imine (C=N–C) groups is 1. The van der Waals surface area contributed by atoms with Crippen molar-refractivity contribution in [3.63, 3.8) is 0 Å². The fraction of sp³-hybridized carbons (Fsp3) is 0.357. The Morgan fingerprint density at radius 2 is 1.86 bits per heavy atom. The molecule has 0 bridgehead atoms. The maximum atomic E-state index is 12.5. The largest absolute Gasteiger partial charge is 0.423 e. The second-order valence-corrected chi connectivity index (χ2v) is 4.01. The van der Waals surface area contributed by atoms with Crippen LogP contribution in [-0.4, -0.2) is 44.9 Å². The van der Waals surface area contributed by atoms with E-state index >= 15 is 0 Å². The van der Waals surface area contributed by atoms with Crippen molar-refractivity contribution in [3.8, 4) is 11.8 Å². The van der Waals surface area contributed by atoms with Crippen LogP contribution in [0.2, 0.25) is 0 Å². The highest BCUT2D eigenvalue weighted by molar-refractivity contribution is 5.78. The molecule has 0 aliphatic rings. The minimum atomic E-state index is -0.302. The van der Waals surface area contributed by atoms with Crippen LogP contribution in [0.1, 0.15) is 19.7 Å². The number of rotatable bonds is 3. The lowest BCUT2D eigenvalue weighted by Gasteiger charge is -1.98. The Hall–Kier alpha value is -2.32. The Labute approximate surface area is 128 Å². The summed E-state index contributed by atoms with van der Waals surface area (Å²) in [5.74, 6) is 0.871. The normalized spacial score (nSPS) is 8.86. The van der Waals surface area contributed by atoms with Gasteiger partial charge in [-0.2, -0.15) is 4.98 Å². The van der Waals surface area contributed by atoms with Crippen LogP contribution < -0.4 is 4.74 Å². The third-order valence-corrected chi connectivity index (χ3v) is 1.99. The van der Waals surface area contributed by atoms with Gasteiger partial charge in [0.05, 0.1) is 0 Å². The second kappa shape index (κ2) is 11.4. The SMILES string of the molecule is CC(C)=NCO.CO.Cc1nc(Oc2ccc(F)cc2)n[nH]1. The van der Waals surface area contributed by atoms with Gasteiger partial charge in [0.15, 0.2) is 0 Å². The molecule has 1 aromatic heterocycles. The lowest BCUT2D eigenvalue weighted by molar-refractivity contribution is 0.309. The Morgan fingerprint density at radius 1 is 1.27 bits per heavy atom. The molecule has 0 spiro atoms. The van der Waals surface area contributed by atoms with Gasteiger partial charge >= 0.3 is 6.01 Å². The Bertz CT molecular complexity index is 551. The number of hydrogen-bond acceptors (Lipinski definition) is 6. The molecule has 0 amide bonds. The van der Waals surface area contributed by atoms with Crippen LogP contribution in [0.3, 0.4) is 0 Å². The lowest BCUT2D eigenvalue weighted by Crippen LogP contribution is -1.86. The van der Waals surface area contributed by atoms with Crippen LogP contribution in [0.4, 0.5) is 4.39 Å². The van der Waals surface area contributed by atoms with E-state index in [2.05, 4.69) is 20.2 Å². The summed E-state index contributed by atoms with van der Waals surface area (Å²) in [4.78, 5) is 7.54. The molecule has 2 rings (SSSR count). The molecule has 0 radical (unpaired) electrons. The zero-order chi connectivity index (χ0) is 17.0. The van der Waals surface area contributed by atoms with Gasteiger partial charge in [-0.1, -0.05) is 0 Å². The van der Waals surface area contributed by atoms with Gasteiger partial charge in [-0.3, -0.25) is 10.1 Å². The van der Waals surface area contributed by atoms with Crippen molar-refractivity contribution in [1.82, 2.24) is 15.2 Å². The zero-order valence-electron chi connectivity index (χ0n) is 13.0. The van der Waals surface area contributed by atoms with Gasteiger partial charge in [0.1, 0.15) is 24.1 Å². The maximum absolute atomic E-state index is 12.5. The molecule has 0 aliphatic carbocycles. The number of hydrogen-bond donors (Lipinski definition) is 3. The first kappa shape index (κ1) is 19.7. The highest BCUT2D eigenvalue weighted by Gasteiger charge is 2.01. The predicted octanol–water partition coefficient (Wildman–Crippen LogP) is 2.07. The van der Waals surface area contributed by atoms with Gasteiger partial charge < -0.3 is 14.9 Å². The van der Waals surface area contributed by atoms with Crippen LogP contribution in [0.15, 0.2) is 29.3 Å². The molecular weight excluding hydrogens is 291 g/mol. The van der Waals surface area contributed by atoms with Crippen molar-refractivity contribution >= 4 is 5.71 Å². The first-order valence-corrected chi connectivity index (χ1v) is 6.37. The number of aryl methyl sites for hydroxylation is 1. The third kappa shape index (κ3) is 8.77. The summed E-state index contributed by atoms with van der Waals surface area (Å²) in [5.41, 5.74) is 0.914. The highest BCUT2D eigenvalue weighted by Crippen LogP contribution is 2.17. The molecule has 8 heteroatoms. The van der Waals surface area contributed by atoms with E-state index in [0.29, 0.717) is 11.6 Å². The van der Waals surface area contributed by atoms with Gasteiger partial charge in [-0.05, 0) is 45.0 Å². The van der Waals surface area contributed by atoms with Gasteiger partial charge in [0.2, 0.25) is 0 Å². The van der Waals surface area contributed by atoms with Gasteiger partial charge in [-0.15, -0.1) is 5.10 Å². The summed E-state index contributed by atoms with van der Waals surface area (Å²) in [6.07, 6.45) is 0. The average molecular weight is 312 g/mol. The lowest BCUT2D eigenvalue weighted by atomic mass is 10.3. The van der Waals surface area contributed by atoms with E-state index in [1.54, 1.807) is 6.92 Å². The standard InChI is InChI=1S/C9H8FN3O.C4H9NO.CH4O/c1-6-11-9(13-12-6)14-8-4-2-7(10)3-5-8;1-4(2)5-3-6;1-2/h2-5H,1H3,(H,11,12,13);6H,3H2,1-2H3;2H,1H3. The Balaban J connectivity index is 0.000000470. The number of nitrogens with one attached hydrogen (secondary N) is 1. The Morgan fingerprint density at radius 3 is 2.23 bits per heavy atom. The number of aliphatic hydroxyl groups excluding tert-OH is 2. The summed E-state index contributed by atoms with van der Waals surface area (Å²) in [5, 5.41) is 21.5. The van der Waals surface area contributed by atoms with Gasteiger partial charge in [-0.25, -0.2) is 4.39 Å². The van der Waals surface area contributed by atoms with Crippen molar-refractivity contribution in [2.45, 2.75) is 20.8 Å². The van der Waals surface area contributed by atoms with E-state index in [4.69, 9.17) is 14.9 Å². The molecule has 22 heavy (non-hydrogen) atoms. The minimum Gasteiger partial charge on any atom is -0.423 e. The molecule has 3 N–H and O–H groups in total. The molecule has 0 aliphatic heterocycles. The van der Waals surface area contributed by atoms with Crippen molar-refractivity contribution in [1.29, 1.82) is 0 Å². The summed E-state index contributed by atoms with van der Waals surface area (Å²) >= 11 is 0. The van der Waals surface area contributed by atoms with E-state index in [0.717, 1.165) is 12.8 Å². The summed E-state index contributed by atoms with van der Waals surface area (Å²) in [6, 6.07) is 5.89. The van der Waals surface area contributed by atoms with E-state index < -0.39 is 0 Å². The molecule has 1 heterocycles. The zero-order valence-corrected chi connectivity index (χ0v) is 13.0. The third-order valence-electron chi connectivity index (χ3n) is 1.99. The number of H-pyrrole nitrogens is 1. The summed E-state index contributed by atoms with van der Waals surface area (Å²) < 4.78 is 17.8.